The van der Waals surface area contributed by atoms with Crippen LogP contribution in [-0.4, -0.2) is 34.6 Å². The largest absolute Gasteiger partial charge is 0.480 e. The van der Waals surface area contributed by atoms with Gasteiger partial charge in [-0.3, -0.25) is 4.79 Å². The second-order valence-electron chi connectivity index (χ2n) is 6.14. The summed E-state index contributed by atoms with van der Waals surface area (Å²) in [4.78, 5) is 26.7. The number of aromatic amines is 1. The lowest BCUT2D eigenvalue weighted by atomic mass is 10.1. The van der Waals surface area contributed by atoms with Gasteiger partial charge in [0.15, 0.2) is 0 Å². The number of rotatable bonds is 8. The van der Waals surface area contributed by atoms with Crippen LogP contribution in [0.25, 0.3) is 10.9 Å². The van der Waals surface area contributed by atoms with E-state index in [-0.39, 0.29) is 19.6 Å². The standard InChI is InChI=1S/C20H19ClN2O4/c21-15-5-3-4-13(8-15)11-27-12-19(24)23-18(20(25)26)9-14-10-22-17-7-2-1-6-16(14)17/h1-8,10,18,22H,9,11-12H2,(H,23,24)(H,25,26). The van der Waals surface area contributed by atoms with E-state index in [1.807, 2.05) is 30.3 Å². The number of nitrogens with one attached hydrogen (secondary N) is 2. The minimum atomic E-state index is -1.09. The predicted molar refractivity (Wildman–Crippen MR) is 103 cm³/mol. The Balaban J connectivity index is 1.56. The first-order valence-corrected chi connectivity index (χ1v) is 8.80. The Kier molecular flexibility index (Phi) is 6.11. The van der Waals surface area contributed by atoms with E-state index >= 15 is 0 Å². The number of aliphatic carboxylic acids is 1. The fourth-order valence-electron chi connectivity index (χ4n) is 2.84. The monoisotopic (exact) mass is 386 g/mol. The molecule has 1 unspecified atom stereocenters. The number of para-hydroxylation sites is 1. The molecule has 140 valence electrons. The molecule has 3 aromatic rings. The lowest BCUT2D eigenvalue weighted by Gasteiger charge is -2.14. The van der Waals surface area contributed by atoms with Gasteiger partial charge in [-0.25, -0.2) is 4.79 Å². The molecule has 1 aromatic heterocycles. The Bertz CT molecular complexity index is 954. The minimum Gasteiger partial charge on any atom is -0.480 e. The molecule has 0 saturated carbocycles. The van der Waals surface area contributed by atoms with Crippen LogP contribution in [-0.2, 0) is 27.4 Å². The van der Waals surface area contributed by atoms with Gasteiger partial charge >= 0.3 is 5.97 Å². The van der Waals surface area contributed by atoms with E-state index in [0.29, 0.717) is 5.02 Å². The molecule has 7 heteroatoms. The lowest BCUT2D eigenvalue weighted by Crippen LogP contribution is -2.43. The average molecular weight is 387 g/mol. The second kappa shape index (κ2) is 8.70. The molecule has 0 aliphatic carbocycles. The molecule has 0 aliphatic rings. The topological polar surface area (TPSA) is 91.4 Å². The van der Waals surface area contributed by atoms with Gasteiger partial charge in [0.2, 0.25) is 5.91 Å². The lowest BCUT2D eigenvalue weighted by molar-refractivity contribution is -0.142. The summed E-state index contributed by atoms with van der Waals surface area (Å²) in [6.07, 6.45) is 1.95. The fraction of sp³-hybridized carbons (Fsp3) is 0.200. The number of halogens is 1. The smallest absolute Gasteiger partial charge is 0.326 e. The van der Waals surface area contributed by atoms with Gasteiger partial charge in [-0.05, 0) is 29.3 Å². The quantitative estimate of drug-likeness (QED) is 0.554. The Morgan fingerprint density at radius 3 is 2.78 bits per heavy atom. The Hall–Kier alpha value is -2.83. The van der Waals surface area contributed by atoms with Crippen molar-refractivity contribution in [1.29, 1.82) is 0 Å². The molecular formula is C20H19ClN2O4. The Labute approximate surface area is 161 Å². The molecule has 0 spiro atoms. The number of aromatic nitrogens is 1. The van der Waals surface area contributed by atoms with E-state index in [1.54, 1.807) is 24.4 Å². The maximum atomic E-state index is 12.1. The molecule has 3 N–H and O–H groups in total. The zero-order valence-corrected chi connectivity index (χ0v) is 15.2. The van der Waals surface area contributed by atoms with Gasteiger partial charge in [0.05, 0.1) is 6.61 Å². The highest BCUT2D eigenvalue weighted by atomic mass is 35.5. The van der Waals surface area contributed by atoms with Crippen molar-refractivity contribution in [1.82, 2.24) is 10.3 Å². The number of carbonyl (C=O) groups is 2. The molecule has 0 fully saturated rings. The van der Waals surface area contributed by atoms with Crippen molar-refractivity contribution in [3.63, 3.8) is 0 Å². The van der Waals surface area contributed by atoms with Gasteiger partial charge in [-0.1, -0.05) is 41.9 Å². The number of H-pyrrole nitrogens is 1. The summed E-state index contributed by atoms with van der Waals surface area (Å²) in [5.74, 6) is -1.58. The highest BCUT2D eigenvalue weighted by Crippen LogP contribution is 2.19. The summed E-state index contributed by atoms with van der Waals surface area (Å²) in [6, 6.07) is 13.7. The molecule has 0 aliphatic heterocycles. The van der Waals surface area contributed by atoms with Crippen LogP contribution in [0.2, 0.25) is 5.02 Å². The first kappa shape index (κ1) is 18.9. The first-order valence-electron chi connectivity index (χ1n) is 8.42. The van der Waals surface area contributed by atoms with Gasteiger partial charge in [-0.2, -0.15) is 0 Å². The summed E-state index contributed by atoms with van der Waals surface area (Å²) in [5, 5.41) is 13.5. The molecule has 0 radical (unpaired) electrons. The number of carboxylic acids is 1. The number of amides is 1. The number of hydrogen-bond acceptors (Lipinski definition) is 3. The molecule has 1 amide bonds. The van der Waals surface area contributed by atoms with Crippen LogP contribution in [0.3, 0.4) is 0 Å². The van der Waals surface area contributed by atoms with Gasteiger partial charge in [0.1, 0.15) is 12.6 Å². The van der Waals surface area contributed by atoms with Crippen LogP contribution in [0.4, 0.5) is 0 Å². The summed E-state index contributed by atoms with van der Waals surface area (Å²) in [6.45, 7) is -0.0155. The molecular weight excluding hydrogens is 368 g/mol. The average Bonchev–Trinajstić information content (AvgIpc) is 3.04. The van der Waals surface area contributed by atoms with Crippen LogP contribution in [0.1, 0.15) is 11.1 Å². The van der Waals surface area contributed by atoms with E-state index in [0.717, 1.165) is 22.0 Å². The van der Waals surface area contributed by atoms with E-state index in [2.05, 4.69) is 10.3 Å². The summed E-state index contributed by atoms with van der Waals surface area (Å²) >= 11 is 5.90. The molecule has 0 saturated heterocycles. The van der Waals surface area contributed by atoms with Crippen molar-refractivity contribution in [2.75, 3.05) is 6.61 Å². The van der Waals surface area contributed by atoms with Gasteiger partial charge < -0.3 is 20.1 Å². The third-order valence-electron chi connectivity index (χ3n) is 4.12. The normalized spacial score (nSPS) is 12.0. The van der Waals surface area contributed by atoms with Gasteiger partial charge in [0, 0.05) is 28.5 Å². The summed E-state index contributed by atoms with van der Waals surface area (Å²) in [5.41, 5.74) is 2.59. The van der Waals surface area contributed by atoms with Crippen LogP contribution >= 0.6 is 11.6 Å². The van der Waals surface area contributed by atoms with Crippen molar-refractivity contribution in [3.8, 4) is 0 Å². The van der Waals surface area contributed by atoms with E-state index in [1.165, 1.54) is 0 Å². The number of carboxylic acid groups (broad SMARTS) is 1. The maximum Gasteiger partial charge on any atom is 0.326 e. The molecule has 1 heterocycles. The highest BCUT2D eigenvalue weighted by Gasteiger charge is 2.21. The van der Waals surface area contributed by atoms with Crippen LogP contribution in [0.15, 0.2) is 54.7 Å². The zero-order chi connectivity index (χ0) is 19.2. The molecule has 27 heavy (non-hydrogen) atoms. The van der Waals surface area contributed by atoms with E-state index in [4.69, 9.17) is 16.3 Å². The predicted octanol–water partition coefficient (Wildman–Crippen LogP) is 3.15. The van der Waals surface area contributed by atoms with Crippen LogP contribution < -0.4 is 5.32 Å². The third-order valence-corrected chi connectivity index (χ3v) is 4.36. The maximum absolute atomic E-state index is 12.1. The second-order valence-corrected chi connectivity index (χ2v) is 6.58. The number of ether oxygens (including phenoxy) is 1. The Morgan fingerprint density at radius 2 is 2.00 bits per heavy atom. The molecule has 1 atom stereocenters. The van der Waals surface area contributed by atoms with Crippen LogP contribution in [0.5, 0.6) is 0 Å². The number of hydrogen-bond donors (Lipinski definition) is 3. The van der Waals surface area contributed by atoms with Crippen molar-refractivity contribution in [2.45, 2.75) is 19.1 Å². The minimum absolute atomic E-state index is 0.180. The first-order chi connectivity index (χ1) is 13.0. The molecule has 0 bridgehead atoms. The van der Waals surface area contributed by atoms with Crippen LogP contribution in [0, 0.1) is 0 Å². The fourth-order valence-corrected chi connectivity index (χ4v) is 3.06. The van der Waals surface area contributed by atoms with Crippen molar-refractivity contribution >= 4 is 34.4 Å². The summed E-state index contributed by atoms with van der Waals surface area (Å²) in [7, 11) is 0. The SMILES string of the molecule is O=C(COCc1cccc(Cl)c1)NC(Cc1c[nH]c2ccccc12)C(=O)O. The summed E-state index contributed by atoms with van der Waals surface area (Å²) < 4.78 is 5.35. The number of benzene rings is 2. The van der Waals surface area contributed by atoms with E-state index in [9.17, 15) is 14.7 Å². The van der Waals surface area contributed by atoms with Gasteiger partial charge in [0.25, 0.3) is 0 Å². The van der Waals surface area contributed by atoms with Crippen molar-refractivity contribution < 1.29 is 19.4 Å². The zero-order valence-electron chi connectivity index (χ0n) is 14.4. The molecule has 6 nitrogen and oxygen atoms in total. The number of carbonyl (C=O) groups excluding carboxylic acids is 1. The van der Waals surface area contributed by atoms with Gasteiger partial charge in [-0.15, -0.1) is 0 Å². The van der Waals surface area contributed by atoms with Crippen molar-refractivity contribution in [3.05, 3.63) is 70.9 Å². The highest BCUT2D eigenvalue weighted by molar-refractivity contribution is 6.30. The third kappa shape index (κ3) is 5.09. The van der Waals surface area contributed by atoms with Crippen molar-refractivity contribution in [2.24, 2.45) is 0 Å². The Morgan fingerprint density at radius 1 is 1.19 bits per heavy atom. The van der Waals surface area contributed by atoms with E-state index < -0.39 is 17.9 Å². The number of fused-ring (bicyclic) bond motifs is 1. The molecule has 2 aromatic carbocycles. The molecule has 3 rings (SSSR count).